The summed E-state index contributed by atoms with van der Waals surface area (Å²) in [5, 5.41) is 6.33. The molecule has 22 heavy (non-hydrogen) atoms. The maximum Gasteiger partial charge on any atom is 0.315 e. The largest absolute Gasteiger partial charge is 0.335 e. The number of aryl methyl sites for hydroxylation is 1. The number of hydrogen-bond donors (Lipinski definition) is 2. The number of urea groups is 1. The molecule has 3 heteroatoms. The summed E-state index contributed by atoms with van der Waals surface area (Å²) in [7, 11) is 0. The molecule has 4 saturated carbocycles. The van der Waals surface area contributed by atoms with Gasteiger partial charge in [-0.2, -0.15) is 0 Å². The summed E-state index contributed by atoms with van der Waals surface area (Å²) in [6, 6.07) is 8.75. The molecule has 4 bridgehead atoms. The van der Waals surface area contributed by atoms with Crippen molar-refractivity contribution < 1.29 is 4.79 Å². The van der Waals surface area contributed by atoms with Crippen molar-refractivity contribution in [3.63, 3.8) is 0 Å². The van der Waals surface area contributed by atoms with E-state index in [2.05, 4.69) is 35.8 Å². The SMILES string of the molecule is Cc1cccc(CNC(=O)NC2C3CC4CC(C3)CC2C4)c1. The lowest BCUT2D eigenvalue weighted by Gasteiger charge is -2.54. The van der Waals surface area contributed by atoms with Crippen molar-refractivity contribution in [1.82, 2.24) is 10.6 Å². The van der Waals surface area contributed by atoms with Crippen LogP contribution in [-0.4, -0.2) is 12.1 Å². The van der Waals surface area contributed by atoms with Crippen LogP contribution < -0.4 is 10.6 Å². The molecule has 0 heterocycles. The average molecular weight is 298 g/mol. The first-order chi connectivity index (χ1) is 10.7. The number of benzene rings is 1. The maximum absolute atomic E-state index is 12.3. The second-order valence-corrected chi connectivity index (χ2v) is 7.77. The standard InChI is InChI=1S/C19H26N2O/c1-12-3-2-4-13(5-12)11-20-19(22)21-18-16-7-14-6-15(9-16)10-17(18)8-14/h2-5,14-18H,6-11H2,1H3,(H2,20,21,22). The number of nitrogens with one attached hydrogen (secondary N) is 2. The zero-order chi connectivity index (χ0) is 15.1. The fourth-order valence-electron chi connectivity index (χ4n) is 5.37. The summed E-state index contributed by atoms with van der Waals surface area (Å²) < 4.78 is 0. The Bertz CT molecular complexity index is 540. The van der Waals surface area contributed by atoms with Crippen LogP contribution in [0.3, 0.4) is 0 Å². The number of carbonyl (C=O) groups excluding carboxylic acids is 1. The molecule has 0 atom stereocenters. The summed E-state index contributed by atoms with van der Waals surface area (Å²) >= 11 is 0. The molecular weight excluding hydrogens is 272 g/mol. The van der Waals surface area contributed by atoms with Crippen molar-refractivity contribution in [2.75, 3.05) is 0 Å². The van der Waals surface area contributed by atoms with Crippen LogP contribution in [0, 0.1) is 30.6 Å². The molecule has 0 aromatic heterocycles. The van der Waals surface area contributed by atoms with Gasteiger partial charge in [0.05, 0.1) is 0 Å². The van der Waals surface area contributed by atoms with E-state index in [1.165, 1.54) is 43.2 Å². The van der Waals surface area contributed by atoms with Crippen molar-refractivity contribution in [2.24, 2.45) is 23.7 Å². The third-order valence-electron chi connectivity index (χ3n) is 6.06. The van der Waals surface area contributed by atoms with Gasteiger partial charge in [0.25, 0.3) is 0 Å². The Hall–Kier alpha value is -1.51. The molecule has 0 spiro atoms. The lowest BCUT2D eigenvalue weighted by atomic mass is 9.54. The van der Waals surface area contributed by atoms with Crippen LogP contribution in [0.2, 0.25) is 0 Å². The van der Waals surface area contributed by atoms with Gasteiger partial charge in [-0.1, -0.05) is 29.8 Å². The Morgan fingerprint density at radius 1 is 1.09 bits per heavy atom. The van der Waals surface area contributed by atoms with Crippen molar-refractivity contribution >= 4 is 6.03 Å². The third-order valence-corrected chi connectivity index (χ3v) is 6.06. The first-order valence-electron chi connectivity index (χ1n) is 8.77. The molecule has 0 aliphatic heterocycles. The Morgan fingerprint density at radius 2 is 1.77 bits per heavy atom. The van der Waals surface area contributed by atoms with E-state index in [1.54, 1.807) is 0 Å². The van der Waals surface area contributed by atoms with Crippen LogP contribution in [0.15, 0.2) is 24.3 Å². The van der Waals surface area contributed by atoms with Crippen LogP contribution in [0.25, 0.3) is 0 Å². The van der Waals surface area contributed by atoms with Crippen LogP contribution in [0.1, 0.15) is 43.2 Å². The van der Waals surface area contributed by atoms with Gasteiger partial charge >= 0.3 is 6.03 Å². The fourth-order valence-corrected chi connectivity index (χ4v) is 5.37. The number of hydrogen-bond acceptors (Lipinski definition) is 1. The molecule has 1 aromatic rings. The monoisotopic (exact) mass is 298 g/mol. The highest BCUT2D eigenvalue weighted by Crippen LogP contribution is 2.53. The van der Waals surface area contributed by atoms with Gasteiger partial charge in [-0.05, 0) is 68.3 Å². The van der Waals surface area contributed by atoms with Crippen LogP contribution >= 0.6 is 0 Å². The number of amides is 2. The van der Waals surface area contributed by atoms with Crippen LogP contribution in [0.4, 0.5) is 4.79 Å². The molecule has 1 aromatic carbocycles. The normalized spacial score (nSPS) is 35.4. The maximum atomic E-state index is 12.3. The molecule has 4 aliphatic carbocycles. The van der Waals surface area contributed by atoms with E-state index in [4.69, 9.17) is 0 Å². The van der Waals surface area contributed by atoms with Gasteiger partial charge < -0.3 is 10.6 Å². The lowest BCUT2D eigenvalue weighted by molar-refractivity contribution is -0.00942. The smallest absolute Gasteiger partial charge is 0.315 e. The van der Waals surface area contributed by atoms with Crippen LogP contribution in [-0.2, 0) is 6.54 Å². The Morgan fingerprint density at radius 3 is 2.41 bits per heavy atom. The van der Waals surface area contributed by atoms with Gasteiger partial charge in [0, 0.05) is 12.6 Å². The average Bonchev–Trinajstić information content (AvgIpc) is 2.48. The minimum Gasteiger partial charge on any atom is -0.335 e. The molecule has 2 N–H and O–H groups in total. The van der Waals surface area contributed by atoms with E-state index >= 15 is 0 Å². The molecule has 5 rings (SSSR count). The van der Waals surface area contributed by atoms with Gasteiger partial charge in [-0.3, -0.25) is 0 Å². The van der Waals surface area contributed by atoms with Crippen molar-refractivity contribution in [3.8, 4) is 0 Å². The van der Waals surface area contributed by atoms with Crippen molar-refractivity contribution in [3.05, 3.63) is 35.4 Å². The van der Waals surface area contributed by atoms with Crippen LogP contribution in [0.5, 0.6) is 0 Å². The Labute approximate surface area is 132 Å². The minimum atomic E-state index is 0.0129. The number of carbonyl (C=O) groups is 1. The molecule has 0 unspecified atom stereocenters. The summed E-state index contributed by atoms with van der Waals surface area (Å²) in [5.74, 6) is 3.38. The van der Waals surface area contributed by atoms with E-state index in [0.717, 1.165) is 23.7 Å². The number of rotatable bonds is 3. The van der Waals surface area contributed by atoms with Gasteiger partial charge in [0.1, 0.15) is 0 Å². The van der Waals surface area contributed by atoms with E-state index in [0.29, 0.717) is 12.6 Å². The predicted molar refractivity (Wildman–Crippen MR) is 87.4 cm³/mol. The van der Waals surface area contributed by atoms with E-state index in [-0.39, 0.29) is 6.03 Å². The van der Waals surface area contributed by atoms with Gasteiger partial charge in [-0.25, -0.2) is 4.79 Å². The third kappa shape index (κ3) is 2.73. The molecule has 0 saturated heterocycles. The molecule has 2 amide bonds. The second kappa shape index (κ2) is 5.60. The molecular formula is C19H26N2O. The first kappa shape index (κ1) is 14.1. The zero-order valence-electron chi connectivity index (χ0n) is 13.3. The molecule has 118 valence electrons. The first-order valence-corrected chi connectivity index (χ1v) is 8.77. The highest BCUT2D eigenvalue weighted by atomic mass is 16.2. The summed E-state index contributed by atoms with van der Waals surface area (Å²) in [6.07, 6.45) is 6.83. The molecule has 0 radical (unpaired) electrons. The lowest BCUT2D eigenvalue weighted by Crippen LogP contribution is -2.57. The van der Waals surface area contributed by atoms with Gasteiger partial charge in [-0.15, -0.1) is 0 Å². The predicted octanol–water partition coefficient (Wildman–Crippen LogP) is 3.62. The van der Waals surface area contributed by atoms with Gasteiger partial charge in [0.15, 0.2) is 0 Å². The fraction of sp³-hybridized carbons (Fsp3) is 0.632. The van der Waals surface area contributed by atoms with E-state index < -0.39 is 0 Å². The van der Waals surface area contributed by atoms with E-state index in [1.807, 2.05) is 6.07 Å². The molecule has 4 aliphatic rings. The van der Waals surface area contributed by atoms with E-state index in [9.17, 15) is 4.79 Å². The summed E-state index contributed by atoms with van der Waals surface area (Å²) in [5.41, 5.74) is 2.40. The molecule has 4 fully saturated rings. The minimum absolute atomic E-state index is 0.0129. The van der Waals surface area contributed by atoms with Gasteiger partial charge in [0.2, 0.25) is 0 Å². The topological polar surface area (TPSA) is 41.1 Å². The Kier molecular flexibility index (Phi) is 3.59. The highest BCUT2D eigenvalue weighted by molar-refractivity contribution is 5.74. The second-order valence-electron chi connectivity index (χ2n) is 7.77. The summed E-state index contributed by atoms with van der Waals surface area (Å²) in [4.78, 5) is 12.3. The highest BCUT2D eigenvalue weighted by Gasteiger charge is 2.48. The summed E-state index contributed by atoms with van der Waals surface area (Å²) in [6.45, 7) is 2.69. The zero-order valence-corrected chi connectivity index (χ0v) is 13.3. The molecule has 3 nitrogen and oxygen atoms in total. The van der Waals surface area contributed by atoms with Crippen molar-refractivity contribution in [2.45, 2.75) is 51.6 Å². The Balaban J connectivity index is 1.32. The quantitative estimate of drug-likeness (QED) is 0.879. The van der Waals surface area contributed by atoms with Crippen molar-refractivity contribution in [1.29, 1.82) is 0 Å².